The summed E-state index contributed by atoms with van der Waals surface area (Å²) in [5.41, 5.74) is 1.51. The average molecular weight is 300 g/mol. The van der Waals surface area contributed by atoms with Gasteiger partial charge in [-0.1, -0.05) is 23.7 Å². The Morgan fingerprint density at radius 3 is 2.88 bits per heavy atom. The zero-order valence-corrected chi connectivity index (χ0v) is 10.8. The first kappa shape index (κ1) is 11.4. The highest BCUT2D eigenvalue weighted by molar-refractivity contribution is 9.10. The zero-order valence-electron chi connectivity index (χ0n) is 8.45. The van der Waals surface area contributed by atoms with Gasteiger partial charge in [-0.15, -0.1) is 0 Å². The summed E-state index contributed by atoms with van der Waals surface area (Å²) in [6, 6.07) is 5.66. The van der Waals surface area contributed by atoms with Gasteiger partial charge < -0.3 is 4.74 Å². The lowest BCUT2D eigenvalue weighted by Gasteiger charge is -2.06. The van der Waals surface area contributed by atoms with Crippen LogP contribution >= 0.6 is 27.5 Å². The number of aromatic nitrogens is 2. The molecule has 2 aromatic rings. The van der Waals surface area contributed by atoms with Crippen LogP contribution in [0.3, 0.4) is 0 Å². The summed E-state index contributed by atoms with van der Waals surface area (Å²) < 4.78 is 5.85. The average Bonchev–Trinajstić information content (AvgIpc) is 2.33. The van der Waals surface area contributed by atoms with E-state index in [1.165, 1.54) is 0 Å². The van der Waals surface area contributed by atoms with E-state index in [1.54, 1.807) is 19.5 Å². The van der Waals surface area contributed by atoms with E-state index in [2.05, 4.69) is 25.9 Å². The fraction of sp³-hybridized carbons (Fsp3) is 0.0909. The molecule has 1 heterocycles. The third-order valence-corrected chi connectivity index (χ3v) is 3.35. The SMILES string of the molecule is COc1cncc(-c2cccc(Br)c2Cl)n1. The van der Waals surface area contributed by atoms with Gasteiger partial charge in [0, 0.05) is 10.0 Å². The lowest BCUT2D eigenvalue weighted by molar-refractivity contribution is 0.396. The molecule has 5 heteroatoms. The molecule has 0 spiro atoms. The number of rotatable bonds is 2. The number of benzene rings is 1. The second-order valence-corrected chi connectivity index (χ2v) is 4.28. The Balaban J connectivity index is 2.54. The Morgan fingerprint density at radius 1 is 1.31 bits per heavy atom. The molecule has 82 valence electrons. The molecular weight excluding hydrogens is 291 g/mol. The predicted octanol–water partition coefficient (Wildman–Crippen LogP) is 3.57. The van der Waals surface area contributed by atoms with E-state index in [4.69, 9.17) is 16.3 Å². The summed E-state index contributed by atoms with van der Waals surface area (Å²) in [5.74, 6) is 0.466. The van der Waals surface area contributed by atoms with Crippen molar-refractivity contribution in [1.29, 1.82) is 0 Å². The van der Waals surface area contributed by atoms with Crippen LogP contribution in [0.4, 0.5) is 0 Å². The van der Waals surface area contributed by atoms with Crippen LogP contribution in [0, 0.1) is 0 Å². The quantitative estimate of drug-likeness (QED) is 0.850. The van der Waals surface area contributed by atoms with E-state index in [0.29, 0.717) is 16.6 Å². The van der Waals surface area contributed by atoms with E-state index >= 15 is 0 Å². The van der Waals surface area contributed by atoms with Crippen LogP contribution in [0.25, 0.3) is 11.3 Å². The van der Waals surface area contributed by atoms with E-state index in [1.807, 2.05) is 18.2 Å². The second kappa shape index (κ2) is 4.80. The van der Waals surface area contributed by atoms with Gasteiger partial charge in [0.15, 0.2) is 0 Å². The maximum Gasteiger partial charge on any atom is 0.232 e. The molecule has 16 heavy (non-hydrogen) atoms. The summed E-state index contributed by atoms with van der Waals surface area (Å²) in [5, 5.41) is 0.616. The van der Waals surface area contributed by atoms with Gasteiger partial charge in [-0.3, -0.25) is 4.98 Å². The summed E-state index contributed by atoms with van der Waals surface area (Å²) >= 11 is 9.54. The van der Waals surface area contributed by atoms with Gasteiger partial charge in [0.25, 0.3) is 0 Å². The van der Waals surface area contributed by atoms with Gasteiger partial charge in [-0.2, -0.15) is 0 Å². The molecule has 0 aliphatic heterocycles. The first-order valence-electron chi connectivity index (χ1n) is 4.53. The Morgan fingerprint density at radius 2 is 2.12 bits per heavy atom. The highest BCUT2D eigenvalue weighted by atomic mass is 79.9. The fourth-order valence-electron chi connectivity index (χ4n) is 1.28. The van der Waals surface area contributed by atoms with Gasteiger partial charge >= 0.3 is 0 Å². The molecule has 0 radical (unpaired) electrons. The fourth-order valence-corrected chi connectivity index (χ4v) is 1.87. The van der Waals surface area contributed by atoms with Crippen LogP contribution in [0.5, 0.6) is 5.88 Å². The van der Waals surface area contributed by atoms with Gasteiger partial charge in [0.2, 0.25) is 5.88 Å². The molecule has 0 atom stereocenters. The van der Waals surface area contributed by atoms with Crippen LogP contribution in [0.2, 0.25) is 5.02 Å². The molecule has 0 unspecified atom stereocenters. The number of hydrogen-bond acceptors (Lipinski definition) is 3. The molecule has 0 saturated heterocycles. The second-order valence-electron chi connectivity index (χ2n) is 3.05. The highest BCUT2D eigenvalue weighted by Crippen LogP contribution is 2.32. The van der Waals surface area contributed by atoms with Crippen molar-refractivity contribution in [2.24, 2.45) is 0 Å². The van der Waals surface area contributed by atoms with E-state index in [-0.39, 0.29) is 0 Å². The molecule has 0 fully saturated rings. The van der Waals surface area contributed by atoms with Gasteiger partial charge in [0.05, 0.1) is 30.2 Å². The Kier molecular flexibility index (Phi) is 3.41. The predicted molar refractivity (Wildman–Crippen MR) is 66.7 cm³/mol. The van der Waals surface area contributed by atoms with E-state index in [9.17, 15) is 0 Å². The minimum Gasteiger partial charge on any atom is -0.480 e. The van der Waals surface area contributed by atoms with Crippen molar-refractivity contribution in [3.05, 3.63) is 40.1 Å². The topological polar surface area (TPSA) is 35.0 Å². The monoisotopic (exact) mass is 298 g/mol. The van der Waals surface area contributed by atoms with Crippen LogP contribution in [0.15, 0.2) is 35.1 Å². The van der Waals surface area contributed by atoms with Crippen molar-refractivity contribution in [3.8, 4) is 17.1 Å². The zero-order chi connectivity index (χ0) is 11.5. The van der Waals surface area contributed by atoms with Crippen LogP contribution < -0.4 is 4.74 Å². The molecule has 1 aromatic carbocycles. The van der Waals surface area contributed by atoms with Gasteiger partial charge in [-0.05, 0) is 22.0 Å². The Labute approximate surface area is 107 Å². The third-order valence-electron chi connectivity index (χ3n) is 2.05. The largest absolute Gasteiger partial charge is 0.480 e. The highest BCUT2D eigenvalue weighted by Gasteiger charge is 2.08. The van der Waals surface area contributed by atoms with Gasteiger partial charge in [-0.25, -0.2) is 4.98 Å². The molecule has 0 aliphatic rings. The summed E-state index contributed by atoms with van der Waals surface area (Å²) in [7, 11) is 1.55. The number of ether oxygens (including phenoxy) is 1. The van der Waals surface area contributed by atoms with Crippen molar-refractivity contribution < 1.29 is 4.74 Å². The molecule has 0 saturated carbocycles. The summed E-state index contributed by atoms with van der Waals surface area (Å²) in [4.78, 5) is 8.31. The minimum absolute atomic E-state index is 0.466. The third kappa shape index (κ3) is 2.18. The first-order chi connectivity index (χ1) is 7.72. The maximum atomic E-state index is 6.17. The summed E-state index contributed by atoms with van der Waals surface area (Å²) in [6.45, 7) is 0. The summed E-state index contributed by atoms with van der Waals surface area (Å²) in [6.07, 6.45) is 3.20. The molecule has 1 aromatic heterocycles. The lowest BCUT2D eigenvalue weighted by Crippen LogP contribution is -1.92. The number of methoxy groups -OCH3 is 1. The molecule has 0 aliphatic carbocycles. The van der Waals surface area contributed by atoms with E-state index < -0.39 is 0 Å². The molecular formula is C11H8BrClN2O. The van der Waals surface area contributed by atoms with Crippen molar-refractivity contribution in [3.63, 3.8) is 0 Å². The van der Waals surface area contributed by atoms with Crippen molar-refractivity contribution in [2.45, 2.75) is 0 Å². The van der Waals surface area contributed by atoms with Gasteiger partial charge in [0.1, 0.15) is 0 Å². The molecule has 0 bridgehead atoms. The van der Waals surface area contributed by atoms with Crippen molar-refractivity contribution in [1.82, 2.24) is 9.97 Å². The van der Waals surface area contributed by atoms with Crippen LogP contribution in [0.1, 0.15) is 0 Å². The van der Waals surface area contributed by atoms with Crippen LogP contribution in [-0.4, -0.2) is 17.1 Å². The van der Waals surface area contributed by atoms with E-state index in [0.717, 1.165) is 10.0 Å². The molecule has 3 nitrogen and oxygen atoms in total. The first-order valence-corrected chi connectivity index (χ1v) is 5.70. The molecule has 2 rings (SSSR count). The minimum atomic E-state index is 0.466. The smallest absolute Gasteiger partial charge is 0.232 e. The standard InChI is InChI=1S/C11H8BrClN2O/c1-16-10-6-14-5-9(15-10)7-3-2-4-8(12)11(7)13/h2-6H,1H3. The molecule has 0 amide bonds. The van der Waals surface area contributed by atoms with Crippen LogP contribution in [-0.2, 0) is 0 Å². The number of halogens is 2. The normalized spacial score (nSPS) is 10.2. The Hall–Kier alpha value is -1.13. The maximum absolute atomic E-state index is 6.17. The number of nitrogens with zero attached hydrogens (tertiary/aromatic N) is 2. The number of hydrogen-bond donors (Lipinski definition) is 0. The molecule has 0 N–H and O–H groups in total. The van der Waals surface area contributed by atoms with Crippen molar-refractivity contribution >= 4 is 27.5 Å². The lowest BCUT2D eigenvalue weighted by atomic mass is 10.2. The van der Waals surface area contributed by atoms with Crippen molar-refractivity contribution in [2.75, 3.05) is 7.11 Å². The Bertz CT molecular complexity index is 519.